The van der Waals surface area contributed by atoms with Crippen LogP contribution < -0.4 is 10.1 Å². The van der Waals surface area contributed by atoms with Crippen LogP contribution >= 0.6 is 11.8 Å². The Balaban J connectivity index is 1.76. The van der Waals surface area contributed by atoms with Crippen molar-refractivity contribution >= 4 is 23.4 Å². The summed E-state index contributed by atoms with van der Waals surface area (Å²) in [4.78, 5) is 12.7. The largest absolute Gasteiger partial charge is 0.480 e. The average Bonchev–Trinajstić information content (AvgIpc) is 3.15. The lowest BCUT2D eigenvalue weighted by Crippen LogP contribution is -2.23. The number of halogens is 1. The van der Waals surface area contributed by atoms with E-state index in [-0.39, 0.29) is 17.7 Å². The standard InChI is InChI=1S/C23H27FN4O2S/c1-14(2)28-21(16(4)30-20-13-9-7-11-18(20)24)26-27-23(28)31-17(5)22(29)25-19-12-8-6-10-15(19)3/h6-14,16-17H,1-5H3,(H,25,29). The van der Waals surface area contributed by atoms with Crippen LogP contribution in [0.4, 0.5) is 10.1 Å². The highest BCUT2D eigenvalue weighted by Crippen LogP contribution is 2.30. The average molecular weight is 443 g/mol. The molecule has 6 nitrogen and oxygen atoms in total. The van der Waals surface area contributed by atoms with Crippen LogP contribution in [0.5, 0.6) is 5.75 Å². The van der Waals surface area contributed by atoms with E-state index < -0.39 is 17.2 Å². The van der Waals surface area contributed by atoms with Gasteiger partial charge in [0.25, 0.3) is 0 Å². The van der Waals surface area contributed by atoms with Crippen molar-refractivity contribution in [3.63, 3.8) is 0 Å². The van der Waals surface area contributed by atoms with Crippen molar-refractivity contribution in [3.05, 3.63) is 65.7 Å². The van der Waals surface area contributed by atoms with Crippen molar-refractivity contribution in [2.75, 3.05) is 5.32 Å². The van der Waals surface area contributed by atoms with Gasteiger partial charge in [-0.2, -0.15) is 0 Å². The fourth-order valence-corrected chi connectivity index (χ4v) is 4.06. The molecule has 31 heavy (non-hydrogen) atoms. The SMILES string of the molecule is Cc1ccccc1NC(=O)C(C)Sc1nnc(C(C)Oc2ccccc2F)n1C(C)C. The molecular formula is C23H27FN4O2S. The van der Waals surface area contributed by atoms with Gasteiger partial charge in [0.2, 0.25) is 5.91 Å². The lowest BCUT2D eigenvalue weighted by atomic mass is 10.2. The molecule has 0 aliphatic rings. The quantitative estimate of drug-likeness (QED) is 0.462. The third-order valence-corrected chi connectivity index (χ3v) is 5.82. The van der Waals surface area contributed by atoms with E-state index in [4.69, 9.17) is 4.74 Å². The number of anilines is 1. The number of benzene rings is 2. The Labute approximate surface area is 186 Å². The molecule has 1 heterocycles. The van der Waals surface area contributed by atoms with E-state index in [0.29, 0.717) is 11.0 Å². The molecule has 0 fully saturated rings. The fourth-order valence-electron chi connectivity index (χ4n) is 3.07. The third kappa shape index (κ3) is 5.44. The second kappa shape index (κ2) is 9.96. The van der Waals surface area contributed by atoms with E-state index in [0.717, 1.165) is 11.3 Å². The Bertz CT molecular complexity index is 1050. The highest BCUT2D eigenvalue weighted by Gasteiger charge is 2.25. The van der Waals surface area contributed by atoms with E-state index >= 15 is 0 Å². The summed E-state index contributed by atoms with van der Waals surface area (Å²) >= 11 is 1.33. The first-order valence-corrected chi connectivity index (χ1v) is 11.0. The summed E-state index contributed by atoms with van der Waals surface area (Å²) in [6, 6.07) is 13.9. The molecule has 0 saturated carbocycles. The van der Waals surface area contributed by atoms with Gasteiger partial charge in [-0.15, -0.1) is 10.2 Å². The van der Waals surface area contributed by atoms with E-state index in [1.54, 1.807) is 25.1 Å². The van der Waals surface area contributed by atoms with Crippen molar-refractivity contribution in [2.45, 2.75) is 57.2 Å². The lowest BCUT2D eigenvalue weighted by molar-refractivity contribution is -0.115. The molecule has 0 radical (unpaired) electrons. The first-order chi connectivity index (χ1) is 14.8. The Morgan fingerprint density at radius 2 is 1.74 bits per heavy atom. The summed E-state index contributed by atoms with van der Waals surface area (Å²) in [5, 5.41) is 11.8. The van der Waals surface area contributed by atoms with Crippen LogP contribution in [-0.2, 0) is 4.79 Å². The van der Waals surface area contributed by atoms with Crippen LogP contribution in [0.1, 0.15) is 51.2 Å². The van der Waals surface area contributed by atoms with Crippen LogP contribution in [0.15, 0.2) is 53.7 Å². The monoisotopic (exact) mass is 442 g/mol. The van der Waals surface area contributed by atoms with Gasteiger partial charge >= 0.3 is 0 Å². The van der Waals surface area contributed by atoms with Gasteiger partial charge in [-0.05, 0) is 58.4 Å². The number of carbonyl (C=O) groups is 1. The fraction of sp³-hybridized carbons (Fsp3) is 0.348. The smallest absolute Gasteiger partial charge is 0.237 e. The number of ether oxygens (including phenoxy) is 1. The lowest BCUT2D eigenvalue weighted by Gasteiger charge is -2.20. The van der Waals surface area contributed by atoms with Gasteiger partial charge in [0.15, 0.2) is 28.7 Å². The van der Waals surface area contributed by atoms with Gasteiger partial charge in [0, 0.05) is 11.7 Å². The van der Waals surface area contributed by atoms with Gasteiger partial charge in [-0.1, -0.05) is 42.1 Å². The molecule has 0 aliphatic heterocycles. The van der Waals surface area contributed by atoms with Crippen molar-refractivity contribution < 1.29 is 13.9 Å². The van der Waals surface area contributed by atoms with Crippen molar-refractivity contribution in [1.82, 2.24) is 14.8 Å². The third-order valence-electron chi connectivity index (χ3n) is 4.77. The predicted molar refractivity (Wildman–Crippen MR) is 121 cm³/mol. The zero-order valence-corrected chi connectivity index (χ0v) is 19.1. The number of aryl methyl sites for hydroxylation is 1. The molecule has 0 saturated heterocycles. The Hall–Kier alpha value is -2.87. The maximum absolute atomic E-state index is 14.0. The summed E-state index contributed by atoms with van der Waals surface area (Å²) in [7, 11) is 0. The molecule has 2 unspecified atom stereocenters. The zero-order chi connectivity index (χ0) is 22.5. The minimum Gasteiger partial charge on any atom is -0.480 e. The van der Waals surface area contributed by atoms with Crippen molar-refractivity contribution in [1.29, 1.82) is 0 Å². The summed E-state index contributed by atoms with van der Waals surface area (Å²) in [5.74, 6) is 0.191. The number of nitrogens with one attached hydrogen (secondary N) is 1. The maximum Gasteiger partial charge on any atom is 0.237 e. The molecule has 0 spiro atoms. The number of nitrogens with zero attached hydrogens (tertiary/aromatic N) is 3. The van der Waals surface area contributed by atoms with Gasteiger partial charge in [-0.3, -0.25) is 4.79 Å². The van der Waals surface area contributed by atoms with Crippen LogP contribution in [0.2, 0.25) is 0 Å². The van der Waals surface area contributed by atoms with Gasteiger partial charge in [0.1, 0.15) is 0 Å². The summed E-state index contributed by atoms with van der Waals surface area (Å²) in [6.07, 6.45) is -0.516. The number of para-hydroxylation sites is 2. The molecule has 1 amide bonds. The van der Waals surface area contributed by atoms with Crippen LogP contribution in [-0.4, -0.2) is 25.9 Å². The molecule has 1 N–H and O–H groups in total. The van der Waals surface area contributed by atoms with Gasteiger partial charge in [-0.25, -0.2) is 4.39 Å². The Morgan fingerprint density at radius 3 is 2.42 bits per heavy atom. The highest BCUT2D eigenvalue weighted by atomic mass is 32.2. The number of carbonyl (C=O) groups excluding carboxylic acids is 1. The number of amides is 1. The molecule has 164 valence electrons. The first kappa shape index (κ1) is 22.8. The zero-order valence-electron chi connectivity index (χ0n) is 18.3. The van der Waals surface area contributed by atoms with E-state index in [1.165, 1.54) is 17.8 Å². The maximum atomic E-state index is 14.0. The van der Waals surface area contributed by atoms with E-state index in [1.807, 2.05) is 56.5 Å². The van der Waals surface area contributed by atoms with Crippen LogP contribution in [0.3, 0.4) is 0 Å². The van der Waals surface area contributed by atoms with Crippen molar-refractivity contribution in [2.24, 2.45) is 0 Å². The molecule has 8 heteroatoms. The van der Waals surface area contributed by atoms with Gasteiger partial charge in [0.05, 0.1) is 5.25 Å². The number of hydrogen-bond acceptors (Lipinski definition) is 5. The number of rotatable bonds is 8. The number of thioether (sulfide) groups is 1. The molecule has 1 aromatic heterocycles. The Morgan fingerprint density at radius 1 is 1.06 bits per heavy atom. The molecule has 2 atom stereocenters. The summed E-state index contributed by atoms with van der Waals surface area (Å²) < 4.78 is 21.7. The Kier molecular flexibility index (Phi) is 7.33. The minimum atomic E-state index is -0.516. The molecule has 0 aliphatic carbocycles. The number of hydrogen-bond donors (Lipinski definition) is 1. The molecule has 0 bridgehead atoms. The van der Waals surface area contributed by atoms with Crippen molar-refractivity contribution in [3.8, 4) is 5.75 Å². The summed E-state index contributed by atoms with van der Waals surface area (Å²) in [6.45, 7) is 9.59. The van der Waals surface area contributed by atoms with Gasteiger partial charge < -0.3 is 14.6 Å². The highest BCUT2D eigenvalue weighted by molar-refractivity contribution is 8.00. The number of aromatic nitrogens is 3. The van der Waals surface area contributed by atoms with E-state index in [2.05, 4.69) is 15.5 Å². The van der Waals surface area contributed by atoms with Crippen LogP contribution in [0.25, 0.3) is 0 Å². The topological polar surface area (TPSA) is 69.0 Å². The van der Waals surface area contributed by atoms with Crippen LogP contribution in [0, 0.1) is 12.7 Å². The predicted octanol–water partition coefficient (Wildman–Crippen LogP) is 5.57. The minimum absolute atomic E-state index is 0.0331. The molecule has 3 rings (SSSR count). The molecule has 3 aromatic rings. The molecular weight excluding hydrogens is 415 g/mol. The first-order valence-electron chi connectivity index (χ1n) is 10.2. The normalized spacial score (nSPS) is 13.1. The van der Waals surface area contributed by atoms with E-state index in [9.17, 15) is 9.18 Å². The second-order valence-electron chi connectivity index (χ2n) is 7.56. The summed E-state index contributed by atoms with van der Waals surface area (Å²) in [5.41, 5.74) is 1.79. The second-order valence-corrected chi connectivity index (χ2v) is 8.87. The molecule has 2 aromatic carbocycles.